The van der Waals surface area contributed by atoms with Crippen molar-refractivity contribution in [1.29, 1.82) is 0 Å². The number of carbonyl (C=O) groups is 3. The predicted octanol–water partition coefficient (Wildman–Crippen LogP) is -1.39. The Labute approximate surface area is 62.0 Å². The molecule has 6 nitrogen and oxygen atoms in total. The second kappa shape index (κ2) is 4.26. The van der Waals surface area contributed by atoms with E-state index >= 15 is 0 Å². The van der Waals surface area contributed by atoms with E-state index in [4.69, 9.17) is 10.2 Å². The van der Waals surface area contributed by atoms with Gasteiger partial charge in [0.25, 0.3) is 0 Å². The van der Waals surface area contributed by atoms with Crippen molar-refractivity contribution < 1.29 is 24.6 Å². The number of aliphatic carboxylic acids is 2. The van der Waals surface area contributed by atoms with Crippen molar-refractivity contribution >= 4 is 18.3 Å². The standard InChI is InChI=1S/C5H7NO5/c7-3-6(1-4(8)9)2-5(10)11/h3H,1-2H2,(H,8,9)(H,10,11). The second-order valence-corrected chi connectivity index (χ2v) is 1.80. The van der Waals surface area contributed by atoms with E-state index in [0.29, 0.717) is 4.90 Å². The molecule has 6 heteroatoms. The average Bonchev–Trinajstić information content (AvgIpc) is 1.84. The fourth-order valence-corrected chi connectivity index (χ4v) is 0.478. The number of hydrogen-bond donors (Lipinski definition) is 2. The molecular formula is C5H7NO5. The highest BCUT2D eigenvalue weighted by Crippen LogP contribution is 1.81. The van der Waals surface area contributed by atoms with Crippen LogP contribution in [0.1, 0.15) is 0 Å². The lowest BCUT2D eigenvalue weighted by atomic mass is 10.5. The van der Waals surface area contributed by atoms with E-state index in [1.165, 1.54) is 0 Å². The van der Waals surface area contributed by atoms with Crippen molar-refractivity contribution in [2.75, 3.05) is 13.1 Å². The lowest BCUT2D eigenvalue weighted by molar-refractivity contribution is -0.145. The van der Waals surface area contributed by atoms with Gasteiger partial charge in [-0.05, 0) is 0 Å². The minimum atomic E-state index is -1.24. The van der Waals surface area contributed by atoms with Gasteiger partial charge in [0.15, 0.2) is 0 Å². The van der Waals surface area contributed by atoms with Gasteiger partial charge >= 0.3 is 11.9 Å². The molecule has 0 spiro atoms. The maximum atomic E-state index is 9.98. The van der Waals surface area contributed by atoms with Gasteiger partial charge in [0.05, 0.1) is 0 Å². The molecule has 0 heterocycles. The Morgan fingerprint density at radius 2 is 1.55 bits per heavy atom. The first kappa shape index (κ1) is 9.41. The van der Waals surface area contributed by atoms with Gasteiger partial charge in [-0.25, -0.2) is 0 Å². The first-order valence-electron chi connectivity index (χ1n) is 2.69. The fraction of sp³-hybridized carbons (Fsp3) is 0.400. The maximum Gasteiger partial charge on any atom is 0.323 e. The average molecular weight is 161 g/mol. The maximum absolute atomic E-state index is 9.98. The van der Waals surface area contributed by atoms with Crippen LogP contribution >= 0.6 is 0 Å². The topological polar surface area (TPSA) is 94.9 Å². The van der Waals surface area contributed by atoms with E-state index in [-0.39, 0.29) is 6.41 Å². The second-order valence-electron chi connectivity index (χ2n) is 1.80. The summed E-state index contributed by atoms with van der Waals surface area (Å²) >= 11 is 0. The van der Waals surface area contributed by atoms with Crippen LogP contribution in [0.5, 0.6) is 0 Å². The predicted molar refractivity (Wildman–Crippen MR) is 32.9 cm³/mol. The summed E-state index contributed by atoms with van der Waals surface area (Å²) in [5, 5.41) is 16.3. The van der Waals surface area contributed by atoms with E-state index in [0.717, 1.165) is 0 Å². The highest BCUT2D eigenvalue weighted by Gasteiger charge is 2.09. The molecule has 0 aromatic rings. The van der Waals surface area contributed by atoms with Crippen LogP contribution < -0.4 is 0 Å². The minimum Gasteiger partial charge on any atom is -0.480 e. The lowest BCUT2D eigenvalue weighted by Crippen LogP contribution is -2.33. The summed E-state index contributed by atoms with van der Waals surface area (Å²) in [4.78, 5) is 30.5. The van der Waals surface area contributed by atoms with Crippen molar-refractivity contribution in [3.63, 3.8) is 0 Å². The van der Waals surface area contributed by atoms with Gasteiger partial charge in [0.2, 0.25) is 6.41 Å². The summed E-state index contributed by atoms with van der Waals surface area (Å²) in [7, 11) is 0. The van der Waals surface area contributed by atoms with Crippen molar-refractivity contribution in [2.45, 2.75) is 0 Å². The van der Waals surface area contributed by atoms with Crippen molar-refractivity contribution in [2.24, 2.45) is 0 Å². The van der Waals surface area contributed by atoms with Crippen molar-refractivity contribution in [1.82, 2.24) is 4.90 Å². The third-order valence-corrected chi connectivity index (χ3v) is 0.826. The van der Waals surface area contributed by atoms with E-state index < -0.39 is 25.0 Å². The largest absolute Gasteiger partial charge is 0.480 e. The molecule has 62 valence electrons. The van der Waals surface area contributed by atoms with E-state index in [9.17, 15) is 14.4 Å². The molecule has 0 aromatic heterocycles. The Hall–Kier alpha value is -1.59. The normalized spacial score (nSPS) is 8.73. The quantitative estimate of drug-likeness (QED) is 0.484. The smallest absolute Gasteiger partial charge is 0.323 e. The number of carboxylic acids is 2. The molecule has 1 amide bonds. The van der Waals surface area contributed by atoms with Gasteiger partial charge in [0.1, 0.15) is 13.1 Å². The Morgan fingerprint density at radius 3 is 1.73 bits per heavy atom. The van der Waals surface area contributed by atoms with E-state index in [1.54, 1.807) is 0 Å². The van der Waals surface area contributed by atoms with Crippen molar-refractivity contribution in [3.8, 4) is 0 Å². The van der Waals surface area contributed by atoms with Gasteiger partial charge < -0.3 is 15.1 Å². The SMILES string of the molecule is O=CN(CC(=O)O)CC(=O)O. The third kappa shape index (κ3) is 4.89. The Bertz CT molecular complexity index is 162. The summed E-state index contributed by atoms with van der Waals surface area (Å²) in [6, 6.07) is 0. The summed E-state index contributed by atoms with van der Waals surface area (Å²) < 4.78 is 0. The number of carboxylic acid groups (broad SMARTS) is 2. The fourth-order valence-electron chi connectivity index (χ4n) is 0.478. The number of rotatable bonds is 5. The highest BCUT2D eigenvalue weighted by molar-refractivity contribution is 5.76. The molecule has 2 N–H and O–H groups in total. The van der Waals surface area contributed by atoms with E-state index in [1.807, 2.05) is 0 Å². The first-order chi connectivity index (χ1) is 5.06. The Kier molecular flexibility index (Phi) is 3.65. The Morgan fingerprint density at radius 1 is 1.18 bits per heavy atom. The van der Waals surface area contributed by atoms with Crippen LogP contribution in [0.25, 0.3) is 0 Å². The molecule has 0 aliphatic carbocycles. The van der Waals surface area contributed by atoms with Crippen LogP contribution in [0.2, 0.25) is 0 Å². The Balaban J connectivity index is 3.85. The lowest BCUT2D eigenvalue weighted by Gasteiger charge is -2.10. The van der Waals surface area contributed by atoms with Crippen LogP contribution in [0, 0.1) is 0 Å². The zero-order valence-corrected chi connectivity index (χ0v) is 5.56. The van der Waals surface area contributed by atoms with Gasteiger partial charge in [-0.2, -0.15) is 0 Å². The van der Waals surface area contributed by atoms with Gasteiger partial charge in [-0.1, -0.05) is 0 Å². The summed E-state index contributed by atoms with van der Waals surface area (Å²) in [6.07, 6.45) is 0.183. The third-order valence-electron chi connectivity index (χ3n) is 0.826. The number of hydrogen-bond acceptors (Lipinski definition) is 3. The monoisotopic (exact) mass is 161 g/mol. The molecule has 0 rings (SSSR count). The van der Waals surface area contributed by atoms with Crippen LogP contribution in [0.3, 0.4) is 0 Å². The van der Waals surface area contributed by atoms with Gasteiger partial charge in [-0.15, -0.1) is 0 Å². The summed E-state index contributed by atoms with van der Waals surface area (Å²) in [6.45, 7) is -1.18. The molecule has 0 saturated carbocycles. The molecule has 0 fully saturated rings. The first-order valence-corrected chi connectivity index (χ1v) is 2.69. The van der Waals surface area contributed by atoms with Gasteiger partial charge in [0, 0.05) is 0 Å². The molecule has 0 radical (unpaired) electrons. The van der Waals surface area contributed by atoms with Crippen LogP contribution in [-0.4, -0.2) is 46.6 Å². The number of amides is 1. The van der Waals surface area contributed by atoms with Crippen LogP contribution in [-0.2, 0) is 14.4 Å². The summed E-state index contributed by atoms with van der Waals surface area (Å²) in [5.41, 5.74) is 0. The molecule has 0 aliphatic heterocycles. The molecule has 0 aliphatic rings. The molecule has 0 unspecified atom stereocenters. The minimum absolute atomic E-state index is 0.183. The number of nitrogens with zero attached hydrogens (tertiary/aromatic N) is 1. The van der Waals surface area contributed by atoms with Crippen LogP contribution in [0.15, 0.2) is 0 Å². The molecule has 0 saturated heterocycles. The van der Waals surface area contributed by atoms with E-state index in [2.05, 4.69) is 0 Å². The molecule has 0 atom stereocenters. The van der Waals surface area contributed by atoms with Gasteiger partial charge in [-0.3, -0.25) is 14.4 Å². The molecule has 0 aromatic carbocycles. The zero-order valence-electron chi connectivity index (χ0n) is 5.56. The molecular weight excluding hydrogens is 154 g/mol. The molecule has 11 heavy (non-hydrogen) atoms. The van der Waals surface area contributed by atoms with Crippen molar-refractivity contribution in [3.05, 3.63) is 0 Å². The number of carbonyl (C=O) groups excluding carboxylic acids is 1. The highest BCUT2D eigenvalue weighted by atomic mass is 16.4. The zero-order chi connectivity index (χ0) is 8.85. The van der Waals surface area contributed by atoms with Crippen LogP contribution in [0.4, 0.5) is 0 Å². The summed E-state index contributed by atoms with van der Waals surface area (Å²) in [5.74, 6) is -2.48. The molecule has 0 bridgehead atoms.